The van der Waals surface area contributed by atoms with Crippen LogP contribution in [0.15, 0.2) is 59.8 Å². The average molecular weight is 372 g/mol. The maximum absolute atomic E-state index is 12.4. The van der Waals surface area contributed by atoms with Crippen LogP contribution in [0, 0.1) is 5.92 Å². The summed E-state index contributed by atoms with van der Waals surface area (Å²) in [6.07, 6.45) is 10.2. The molecular formula is C20H24N2O3S. The molecular weight excluding hydrogens is 348 g/mol. The first-order chi connectivity index (χ1) is 12.6. The van der Waals surface area contributed by atoms with Crippen molar-refractivity contribution in [3.8, 4) is 0 Å². The van der Waals surface area contributed by atoms with Crippen LogP contribution in [0.25, 0.3) is 5.57 Å². The molecule has 2 N–H and O–H groups in total. The fourth-order valence-electron chi connectivity index (χ4n) is 3.26. The van der Waals surface area contributed by atoms with Crippen molar-refractivity contribution in [1.29, 1.82) is 0 Å². The normalized spacial score (nSPS) is 16.1. The standard InChI is InChI=1S/C20H24N2O3S/c23-15-19(12-16-4-1-2-5-16)18-7-9-20(10-8-18)26(24,25)22-14-17-6-3-11-21-13-17/h3,6-13,16,22-23H,1-2,4-5,14-15H2/b19-12-. The molecule has 1 aliphatic carbocycles. The van der Waals surface area contributed by atoms with Gasteiger partial charge in [0.15, 0.2) is 0 Å². The van der Waals surface area contributed by atoms with E-state index in [2.05, 4.69) is 15.8 Å². The van der Waals surface area contributed by atoms with Gasteiger partial charge in [0.25, 0.3) is 0 Å². The van der Waals surface area contributed by atoms with Gasteiger partial charge in [-0.05, 0) is 53.7 Å². The van der Waals surface area contributed by atoms with Gasteiger partial charge in [-0.15, -0.1) is 0 Å². The molecule has 6 heteroatoms. The van der Waals surface area contributed by atoms with Crippen molar-refractivity contribution < 1.29 is 13.5 Å². The van der Waals surface area contributed by atoms with Crippen LogP contribution >= 0.6 is 0 Å². The summed E-state index contributed by atoms with van der Waals surface area (Å²) in [5, 5.41) is 9.67. The summed E-state index contributed by atoms with van der Waals surface area (Å²) in [5.74, 6) is 0.515. The van der Waals surface area contributed by atoms with Crippen LogP contribution in [0.5, 0.6) is 0 Å². The second kappa shape index (κ2) is 8.58. The Hall–Kier alpha value is -2.02. The molecule has 0 spiro atoms. The molecule has 2 aromatic rings. The van der Waals surface area contributed by atoms with Crippen molar-refractivity contribution in [3.05, 3.63) is 66.0 Å². The third-order valence-electron chi connectivity index (χ3n) is 4.73. The smallest absolute Gasteiger partial charge is 0.240 e. The maximum atomic E-state index is 12.4. The van der Waals surface area contributed by atoms with E-state index in [9.17, 15) is 13.5 Å². The third-order valence-corrected chi connectivity index (χ3v) is 6.15. The summed E-state index contributed by atoms with van der Waals surface area (Å²) in [6, 6.07) is 10.3. The Labute approximate surface area is 154 Å². The molecule has 0 bridgehead atoms. The summed E-state index contributed by atoms with van der Waals surface area (Å²) >= 11 is 0. The summed E-state index contributed by atoms with van der Waals surface area (Å²) in [6.45, 7) is 0.156. The second-order valence-corrected chi connectivity index (χ2v) is 8.37. The topological polar surface area (TPSA) is 79.3 Å². The Morgan fingerprint density at radius 1 is 1.19 bits per heavy atom. The average Bonchev–Trinajstić information content (AvgIpc) is 3.19. The zero-order chi connectivity index (χ0) is 18.4. The molecule has 0 saturated heterocycles. The largest absolute Gasteiger partial charge is 0.392 e. The highest BCUT2D eigenvalue weighted by molar-refractivity contribution is 7.89. The van der Waals surface area contributed by atoms with Crippen molar-refractivity contribution in [1.82, 2.24) is 9.71 Å². The number of nitrogens with one attached hydrogen (secondary N) is 1. The summed E-state index contributed by atoms with van der Waals surface area (Å²) in [7, 11) is -3.59. The van der Waals surface area contributed by atoms with Crippen LogP contribution in [0.2, 0.25) is 0 Å². The number of sulfonamides is 1. The first-order valence-electron chi connectivity index (χ1n) is 8.89. The van der Waals surface area contributed by atoms with E-state index in [0.717, 1.165) is 29.5 Å². The van der Waals surface area contributed by atoms with Gasteiger partial charge in [0.2, 0.25) is 10.0 Å². The third kappa shape index (κ3) is 4.78. The van der Waals surface area contributed by atoms with E-state index in [-0.39, 0.29) is 18.0 Å². The molecule has 0 aliphatic heterocycles. The lowest BCUT2D eigenvalue weighted by Gasteiger charge is -2.11. The molecule has 1 aromatic carbocycles. The first kappa shape index (κ1) is 18.8. The highest BCUT2D eigenvalue weighted by Gasteiger charge is 2.16. The Morgan fingerprint density at radius 3 is 2.54 bits per heavy atom. The molecule has 0 atom stereocenters. The number of hydrogen-bond donors (Lipinski definition) is 2. The maximum Gasteiger partial charge on any atom is 0.240 e. The zero-order valence-corrected chi connectivity index (χ0v) is 15.5. The van der Waals surface area contributed by atoms with Gasteiger partial charge >= 0.3 is 0 Å². The van der Waals surface area contributed by atoms with Gasteiger partial charge < -0.3 is 5.11 Å². The van der Waals surface area contributed by atoms with E-state index in [1.807, 2.05) is 6.07 Å². The number of aliphatic hydroxyl groups excluding tert-OH is 1. The van der Waals surface area contributed by atoms with E-state index in [1.54, 1.807) is 42.7 Å². The lowest BCUT2D eigenvalue weighted by atomic mass is 9.99. The van der Waals surface area contributed by atoms with Gasteiger partial charge in [0.05, 0.1) is 11.5 Å². The monoisotopic (exact) mass is 372 g/mol. The van der Waals surface area contributed by atoms with Crippen molar-refractivity contribution in [2.45, 2.75) is 37.1 Å². The van der Waals surface area contributed by atoms with E-state index < -0.39 is 10.0 Å². The van der Waals surface area contributed by atoms with Gasteiger partial charge in [-0.2, -0.15) is 0 Å². The summed E-state index contributed by atoms with van der Waals surface area (Å²) in [4.78, 5) is 4.19. The highest BCUT2D eigenvalue weighted by atomic mass is 32.2. The number of allylic oxidation sites excluding steroid dienone is 1. The fourth-order valence-corrected chi connectivity index (χ4v) is 4.28. The van der Waals surface area contributed by atoms with E-state index >= 15 is 0 Å². The van der Waals surface area contributed by atoms with Crippen LogP contribution in [-0.4, -0.2) is 25.1 Å². The van der Waals surface area contributed by atoms with Crippen molar-refractivity contribution >= 4 is 15.6 Å². The second-order valence-electron chi connectivity index (χ2n) is 6.60. The molecule has 26 heavy (non-hydrogen) atoms. The Morgan fingerprint density at radius 2 is 1.92 bits per heavy atom. The quantitative estimate of drug-likeness (QED) is 0.783. The molecule has 3 rings (SSSR count). The van der Waals surface area contributed by atoms with Gasteiger partial charge in [-0.25, -0.2) is 13.1 Å². The lowest BCUT2D eigenvalue weighted by Crippen LogP contribution is -2.23. The van der Waals surface area contributed by atoms with Crippen molar-refractivity contribution in [2.75, 3.05) is 6.61 Å². The van der Waals surface area contributed by atoms with Crippen LogP contribution < -0.4 is 4.72 Å². The highest BCUT2D eigenvalue weighted by Crippen LogP contribution is 2.29. The summed E-state index contributed by atoms with van der Waals surface area (Å²) in [5.41, 5.74) is 2.53. The lowest BCUT2D eigenvalue weighted by molar-refractivity contribution is 0.349. The minimum Gasteiger partial charge on any atom is -0.392 e. The molecule has 5 nitrogen and oxygen atoms in total. The molecule has 1 heterocycles. The molecule has 0 radical (unpaired) electrons. The van der Waals surface area contributed by atoms with E-state index in [1.165, 1.54) is 12.8 Å². The van der Waals surface area contributed by atoms with Crippen molar-refractivity contribution in [2.24, 2.45) is 5.92 Å². The van der Waals surface area contributed by atoms with E-state index in [4.69, 9.17) is 0 Å². The van der Waals surface area contributed by atoms with Crippen LogP contribution in [0.3, 0.4) is 0 Å². The minimum atomic E-state index is -3.59. The Kier molecular flexibility index (Phi) is 6.19. The molecule has 1 saturated carbocycles. The minimum absolute atomic E-state index is 0.0398. The van der Waals surface area contributed by atoms with Gasteiger partial charge in [-0.3, -0.25) is 4.98 Å². The number of nitrogens with zero attached hydrogens (tertiary/aromatic N) is 1. The number of rotatable bonds is 7. The number of aromatic nitrogens is 1. The van der Waals surface area contributed by atoms with Crippen LogP contribution in [-0.2, 0) is 16.6 Å². The van der Waals surface area contributed by atoms with Crippen LogP contribution in [0.1, 0.15) is 36.8 Å². The number of aliphatic hydroxyl groups is 1. The number of hydrogen-bond acceptors (Lipinski definition) is 4. The molecule has 1 aliphatic rings. The van der Waals surface area contributed by atoms with E-state index in [0.29, 0.717) is 5.92 Å². The predicted octanol–water partition coefficient (Wildman–Crippen LogP) is 3.13. The molecule has 1 aromatic heterocycles. The van der Waals surface area contributed by atoms with Gasteiger partial charge in [-0.1, -0.05) is 37.1 Å². The molecule has 138 valence electrons. The SMILES string of the molecule is O=S(=O)(NCc1cccnc1)c1ccc(/C(=C\C2CCCC2)CO)cc1. The van der Waals surface area contributed by atoms with Gasteiger partial charge in [0.1, 0.15) is 0 Å². The molecule has 0 unspecified atom stereocenters. The van der Waals surface area contributed by atoms with Crippen molar-refractivity contribution in [3.63, 3.8) is 0 Å². The first-order valence-corrected chi connectivity index (χ1v) is 10.4. The molecule has 0 amide bonds. The number of benzene rings is 1. The zero-order valence-electron chi connectivity index (χ0n) is 14.6. The summed E-state index contributed by atoms with van der Waals surface area (Å²) < 4.78 is 27.5. The predicted molar refractivity (Wildman–Crippen MR) is 102 cm³/mol. The fraction of sp³-hybridized carbons (Fsp3) is 0.350. The van der Waals surface area contributed by atoms with Crippen LogP contribution in [0.4, 0.5) is 0 Å². The molecule has 1 fully saturated rings. The Balaban J connectivity index is 1.71. The Bertz CT molecular complexity index is 840. The number of pyridine rings is 1. The van der Waals surface area contributed by atoms with Gasteiger partial charge in [0, 0.05) is 18.9 Å².